The van der Waals surface area contributed by atoms with E-state index in [9.17, 15) is 17.6 Å². The molecule has 0 saturated heterocycles. The van der Waals surface area contributed by atoms with Gasteiger partial charge in [0.15, 0.2) is 0 Å². The zero-order valence-corrected chi connectivity index (χ0v) is 20.6. The Morgan fingerprint density at radius 3 is 2.33 bits per heavy atom. The quantitative estimate of drug-likeness (QED) is 0.514. The van der Waals surface area contributed by atoms with Gasteiger partial charge in [-0.05, 0) is 55.7 Å². The number of aryl methyl sites for hydroxylation is 2. The van der Waals surface area contributed by atoms with E-state index in [1.807, 2.05) is 26.0 Å². The van der Waals surface area contributed by atoms with E-state index in [2.05, 4.69) is 10.4 Å². The molecule has 7 nitrogen and oxygen atoms in total. The smallest absolute Gasteiger partial charge is 0.268 e. The van der Waals surface area contributed by atoms with E-state index in [4.69, 9.17) is 11.6 Å². The third-order valence-electron chi connectivity index (χ3n) is 5.33. The molecule has 1 N–H and O–H groups in total. The summed E-state index contributed by atoms with van der Waals surface area (Å²) in [6.07, 6.45) is 0. The second-order valence-electron chi connectivity index (χ2n) is 8.06. The molecule has 176 valence electrons. The number of carbonyl (C=O) groups is 1. The Kier molecular flexibility index (Phi) is 7.14. The molecule has 0 aliphatic heterocycles. The van der Waals surface area contributed by atoms with Crippen molar-refractivity contribution in [1.29, 1.82) is 0 Å². The molecule has 0 spiro atoms. The van der Waals surface area contributed by atoms with Gasteiger partial charge in [-0.25, -0.2) is 12.8 Å². The zero-order chi connectivity index (χ0) is 24.5. The lowest BCUT2D eigenvalue weighted by Crippen LogP contribution is -2.38. The number of nitrogens with zero attached hydrogens (tertiary/aromatic N) is 3. The van der Waals surface area contributed by atoms with Gasteiger partial charge in [-0.15, -0.1) is 0 Å². The Morgan fingerprint density at radius 1 is 1.18 bits per heavy atom. The monoisotopic (exact) mass is 492 g/mol. The number of amides is 1. The van der Waals surface area contributed by atoms with Crippen LogP contribution in [0.1, 0.15) is 36.7 Å². The molecule has 0 fully saturated rings. The van der Waals surface area contributed by atoms with Gasteiger partial charge in [0.2, 0.25) is 5.91 Å². The molecule has 1 amide bonds. The summed E-state index contributed by atoms with van der Waals surface area (Å²) in [6, 6.07) is 10.8. The van der Waals surface area contributed by atoms with Gasteiger partial charge < -0.3 is 5.32 Å². The molecular weight excluding hydrogens is 467 g/mol. The van der Waals surface area contributed by atoms with Crippen LogP contribution in [0.25, 0.3) is 0 Å². The average Bonchev–Trinajstić information content (AvgIpc) is 3.00. The average molecular weight is 493 g/mol. The predicted octanol–water partition coefficient (Wildman–Crippen LogP) is 4.79. The van der Waals surface area contributed by atoms with Crippen LogP contribution in [0.3, 0.4) is 0 Å². The molecule has 1 aromatic heterocycles. The highest BCUT2D eigenvalue weighted by Gasteiger charge is 2.32. The zero-order valence-electron chi connectivity index (χ0n) is 19.1. The maximum Gasteiger partial charge on any atom is 0.268 e. The minimum Gasteiger partial charge on any atom is -0.324 e. The summed E-state index contributed by atoms with van der Waals surface area (Å²) < 4.78 is 43.4. The van der Waals surface area contributed by atoms with E-state index >= 15 is 0 Å². The van der Waals surface area contributed by atoms with Gasteiger partial charge in [0.1, 0.15) is 17.3 Å². The van der Waals surface area contributed by atoms with E-state index in [1.165, 1.54) is 16.8 Å². The van der Waals surface area contributed by atoms with Crippen molar-refractivity contribution in [2.45, 2.75) is 38.5 Å². The molecule has 3 aromatic rings. The molecular formula is C23H26ClFN4O3S. The molecule has 0 bridgehead atoms. The summed E-state index contributed by atoms with van der Waals surface area (Å²) in [6.45, 7) is 6.85. The number of anilines is 2. The van der Waals surface area contributed by atoms with Gasteiger partial charge in [-0.2, -0.15) is 5.10 Å². The maximum atomic E-state index is 13.7. The number of halogens is 2. The fourth-order valence-electron chi connectivity index (χ4n) is 3.48. The first-order valence-corrected chi connectivity index (χ1v) is 12.1. The Morgan fingerprint density at radius 2 is 1.82 bits per heavy atom. The number of aromatic nitrogens is 2. The van der Waals surface area contributed by atoms with Crippen molar-refractivity contribution in [2.75, 3.05) is 16.2 Å². The molecule has 33 heavy (non-hydrogen) atoms. The number of hydrogen-bond donors (Lipinski definition) is 1. The SMILES string of the molecule is Cc1nn(C)c(C)c1S(=O)(=O)N(CC(=O)Nc1ccc(F)c(Cl)c1)c1ccc(C(C)C)cc1. The first-order chi connectivity index (χ1) is 15.4. The van der Waals surface area contributed by atoms with E-state index < -0.39 is 28.3 Å². The molecule has 0 saturated carbocycles. The Balaban J connectivity index is 2.01. The number of carbonyl (C=O) groups excluding carboxylic acids is 1. The number of sulfonamides is 1. The molecule has 2 aromatic carbocycles. The van der Waals surface area contributed by atoms with Crippen molar-refractivity contribution in [3.8, 4) is 0 Å². The van der Waals surface area contributed by atoms with Gasteiger partial charge in [-0.1, -0.05) is 37.6 Å². The topological polar surface area (TPSA) is 84.3 Å². The predicted molar refractivity (Wildman–Crippen MR) is 128 cm³/mol. The largest absolute Gasteiger partial charge is 0.324 e. The van der Waals surface area contributed by atoms with Crippen LogP contribution >= 0.6 is 11.6 Å². The third-order valence-corrected chi connectivity index (χ3v) is 7.65. The highest BCUT2D eigenvalue weighted by Crippen LogP contribution is 2.29. The normalized spacial score (nSPS) is 11.6. The second kappa shape index (κ2) is 9.52. The van der Waals surface area contributed by atoms with E-state index in [0.717, 1.165) is 15.9 Å². The molecule has 0 atom stereocenters. The van der Waals surface area contributed by atoms with Gasteiger partial charge in [0, 0.05) is 12.7 Å². The summed E-state index contributed by atoms with van der Waals surface area (Å²) in [5.74, 6) is -0.960. The minimum atomic E-state index is -4.13. The molecule has 0 aliphatic carbocycles. The van der Waals surface area contributed by atoms with Crippen LogP contribution in [-0.4, -0.2) is 30.7 Å². The van der Waals surface area contributed by atoms with Crippen molar-refractivity contribution in [2.24, 2.45) is 7.05 Å². The minimum absolute atomic E-state index is 0.0514. The van der Waals surface area contributed by atoms with Crippen LogP contribution in [0.15, 0.2) is 47.4 Å². The molecule has 0 radical (unpaired) electrons. The Bertz CT molecular complexity index is 1290. The van der Waals surface area contributed by atoms with Crippen LogP contribution in [0.5, 0.6) is 0 Å². The first-order valence-electron chi connectivity index (χ1n) is 10.3. The van der Waals surface area contributed by atoms with Gasteiger partial charge in [-0.3, -0.25) is 13.8 Å². The van der Waals surface area contributed by atoms with Crippen molar-refractivity contribution < 1.29 is 17.6 Å². The van der Waals surface area contributed by atoms with Crippen molar-refractivity contribution in [1.82, 2.24) is 9.78 Å². The van der Waals surface area contributed by atoms with Crippen molar-refractivity contribution >= 4 is 38.9 Å². The highest BCUT2D eigenvalue weighted by molar-refractivity contribution is 7.93. The number of benzene rings is 2. The van der Waals surface area contributed by atoms with E-state index in [-0.39, 0.29) is 21.5 Å². The summed E-state index contributed by atoms with van der Waals surface area (Å²) in [5.41, 5.74) is 2.43. The molecule has 0 unspecified atom stereocenters. The second-order valence-corrected chi connectivity index (χ2v) is 10.3. The molecule has 1 heterocycles. The van der Waals surface area contributed by atoms with E-state index in [1.54, 1.807) is 33.0 Å². The van der Waals surface area contributed by atoms with E-state index in [0.29, 0.717) is 17.1 Å². The number of nitrogens with one attached hydrogen (secondary N) is 1. The lowest BCUT2D eigenvalue weighted by atomic mass is 10.0. The first kappa shape index (κ1) is 24.7. The summed E-state index contributed by atoms with van der Waals surface area (Å²) in [4.78, 5) is 12.9. The Hall–Kier alpha value is -2.91. The molecule has 10 heteroatoms. The molecule has 0 aliphatic rings. The van der Waals surface area contributed by atoms with Crippen LogP contribution in [0, 0.1) is 19.7 Å². The molecule has 3 rings (SSSR count). The Labute approximate surface area is 198 Å². The van der Waals surface area contributed by atoms with Crippen LogP contribution < -0.4 is 9.62 Å². The maximum absolute atomic E-state index is 13.7. The van der Waals surface area contributed by atoms with Crippen molar-refractivity contribution in [3.05, 3.63) is 70.3 Å². The number of rotatable bonds is 7. The lowest BCUT2D eigenvalue weighted by Gasteiger charge is -2.25. The third kappa shape index (κ3) is 5.20. The van der Waals surface area contributed by atoms with Gasteiger partial charge >= 0.3 is 0 Å². The summed E-state index contributed by atoms with van der Waals surface area (Å²) >= 11 is 5.79. The van der Waals surface area contributed by atoms with Gasteiger partial charge in [0.05, 0.1) is 22.1 Å². The summed E-state index contributed by atoms with van der Waals surface area (Å²) in [5, 5.41) is 6.65. The standard InChI is InChI=1S/C23H26ClFN4O3S/c1-14(2)17-6-9-19(10-7-17)29(33(31,32)23-15(3)27-28(5)16(23)4)13-22(30)26-18-8-11-21(25)20(24)12-18/h6-12,14H,13H2,1-5H3,(H,26,30). The summed E-state index contributed by atoms with van der Waals surface area (Å²) in [7, 11) is -2.47. The van der Waals surface area contributed by atoms with Crippen LogP contribution in [0.2, 0.25) is 5.02 Å². The van der Waals surface area contributed by atoms with Crippen LogP contribution in [-0.2, 0) is 21.9 Å². The van der Waals surface area contributed by atoms with Gasteiger partial charge in [0.25, 0.3) is 10.0 Å². The van der Waals surface area contributed by atoms with Crippen LogP contribution in [0.4, 0.5) is 15.8 Å². The lowest BCUT2D eigenvalue weighted by molar-refractivity contribution is -0.114. The number of hydrogen-bond acceptors (Lipinski definition) is 4. The fraction of sp³-hybridized carbons (Fsp3) is 0.304. The highest BCUT2D eigenvalue weighted by atomic mass is 35.5. The van der Waals surface area contributed by atoms with Crippen molar-refractivity contribution in [3.63, 3.8) is 0 Å². The fourth-order valence-corrected chi connectivity index (χ4v) is 5.49.